The predicted octanol–water partition coefficient (Wildman–Crippen LogP) is 5.17. The summed E-state index contributed by atoms with van der Waals surface area (Å²) in [4.78, 5) is 10.1. The highest BCUT2D eigenvalue weighted by molar-refractivity contribution is 6.34. The quantitative estimate of drug-likeness (QED) is 0.621. The van der Waals surface area contributed by atoms with Crippen molar-refractivity contribution in [2.75, 3.05) is 5.32 Å². The average Bonchev–Trinajstić information content (AvgIpc) is 2.40. The molecule has 0 saturated heterocycles. The Morgan fingerprint density at radius 1 is 1.05 bits per heavy atom. The fourth-order valence-electron chi connectivity index (χ4n) is 1.63. The van der Waals surface area contributed by atoms with Gasteiger partial charge in [-0.3, -0.25) is 10.1 Å². The molecule has 0 radical (unpaired) electrons. The van der Waals surface area contributed by atoms with E-state index in [-0.39, 0.29) is 10.7 Å². The number of nitro groups is 1. The molecule has 7 heteroatoms. The zero-order valence-electron chi connectivity index (χ0n) is 10.1. The second kappa shape index (κ2) is 6.31. The summed E-state index contributed by atoms with van der Waals surface area (Å²) < 4.78 is 0. The zero-order valence-corrected chi connectivity index (χ0v) is 12.3. The number of benzene rings is 2. The minimum absolute atomic E-state index is 0.0543. The summed E-state index contributed by atoms with van der Waals surface area (Å²) in [6.45, 7) is 0.414. The Labute approximate surface area is 130 Å². The molecule has 2 aromatic rings. The van der Waals surface area contributed by atoms with Crippen LogP contribution in [0.15, 0.2) is 36.4 Å². The van der Waals surface area contributed by atoms with E-state index in [0.29, 0.717) is 22.3 Å². The Kier molecular flexibility index (Phi) is 4.70. The lowest BCUT2D eigenvalue weighted by molar-refractivity contribution is -0.384. The smallest absolute Gasteiger partial charge is 0.271 e. The van der Waals surface area contributed by atoms with Gasteiger partial charge in [-0.25, -0.2) is 0 Å². The van der Waals surface area contributed by atoms with Gasteiger partial charge in [-0.15, -0.1) is 0 Å². The highest BCUT2D eigenvalue weighted by atomic mass is 35.5. The molecular formula is C13H9Cl3N2O2. The largest absolute Gasteiger partial charge is 0.380 e. The fraction of sp³-hybridized carbons (Fsp3) is 0.0769. The van der Waals surface area contributed by atoms with Crippen LogP contribution in [0.4, 0.5) is 11.4 Å². The first-order valence-electron chi connectivity index (χ1n) is 5.59. The van der Waals surface area contributed by atoms with Gasteiger partial charge in [0.2, 0.25) is 0 Å². The molecule has 0 aliphatic heterocycles. The predicted molar refractivity (Wildman–Crippen MR) is 81.9 cm³/mol. The summed E-state index contributed by atoms with van der Waals surface area (Å²) in [5.41, 5.74) is 1.35. The molecule has 0 heterocycles. The Morgan fingerprint density at radius 2 is 1.80 bits per heavy atom. The minimum atomic E-state index is -0.497. The van der Waals surface area contributed by atoms with Crippen LogP contribution >= 0.6 is 34.8 Å². The van der Waals surface area contributed by atoms with Crippen LogP contribution in [0.1, 0.15) is 5.56 Å². The van der Waals surface area contributed by atoms with E-state index >= 15 is 0 Å². The third-order valence-electron chi connectivity index (χ3n) is 2.64. The first-order valence-corrected chi connectivity index (χ1v) is 6.72. The van der Waals surface area contributed by atoms with E-state index < -0.39 is 4.92 Å². The molecule has 0 spiro atoms. The number of anilines is 1. The van der Waals surface area contributed by atoms with E-state index in [1.165, 1.54) is 12.1 Å². The lowest BCUT2D eigenvalue weighted by atomic mass is 10.2. The Bertz CT molecular complexity index is 662. The molecule has 104 valence electrons. The van der Waals surface area contributed by atoms with Gasteiger partial charge < -0.3 is 5.32 Å². The molecule has 0 unspecified atom stereocenters. The molecule has 4 nitrogen and oxygen atoms in total. The van der Waals surface area contributed by atoms with Crippen molar-refractivity contribution in [1.82, 2.24) is 0 Å². The van der Waals surface area contributed by atoms with Crippen molar-refractivity contribution < 1.29 is 4.92 Å². The van der Waals surface area contributed by atoms with Gasteiger partial charge in [0.1, 0.15) is 0 Å². The van der Waals surface area contributed by atoms with Gasteiger partial charge in [0, 0.05) is 28.7 Å². The number of nitro benzene ring substituents is 1. The van der Waals surface area contributed by atoms with Crippen molar-refractivity contribution in [1.29, 1.82) is 0 Å². The van der Waals surface area contributed by atoms with Gasteiger partial charge in [-0.05, 0) is 29.8 Å². The Balaban J connectivity index is 2.15. The third-order valence-corrected chi connectivity index (χ3v) is 3.56. The van der Waals surface area contributed by atoms with Crippen LogP contribution in [0.25, 0.3) is 0 Å². The van der Waals surface area contributed by atoms with Crippen LogP contribution in [0, 0.1) is 10.1 Å². The highest BCUT2D eigenvalue weighted by Gasteiger charge is 2.09. The third kappa shape index (κ3) is 3.54. The molecule has 1 N–H and O–H groups in total. The molecule has 0 fully saturated rings. The molecule has 0 amide bonds. The minimum Gasteiger partial charge on any atom is -0.380 e. The highest BCUT2D eigenvalue weighted by Crippen LogP contribution is 2.28. The Morgan fingerprint density at radius 3 is 2.45 bits per heavy atom. The van der Waals surface area contributed by atoms with E-state index in [1.807, 2.05) is 0 Å². The summed E-state index contributed by atoms with van der Waals surface area (Å²) in [6, 6.07) is 9.39. The molecule has 0 saturated carbocycles. The number of rotatable bonds is 4. The standard InChI is InChI=1S/C13H9Cl3N2O2/c14-9-1-3-11(15)8(5-9)7-17-13-4-2-10(18(19)20)6-12(13)16/h1-6,17H,7H2. The molecule has 2 aromatic carbocycles. The second-order valence-corrected chi connectivity index (χ2v) is 5.26. The van der Waals surface area contributed by atoms with E-state index in [0.717, 1.165) is 5.56 Å². The van der Waals surface area contributed by atoms with Crippen LogP contribution < -0.4 is 5.32 Å². The first kappa shape index (κ1) is 14.9. The molecule has 0 aromatic heterocycles. The van der Waals surface area contributed by atoms with Crippen LogP contribution in [-0.2, 0) is 6.54 Å². The Hall–Kier alpha value is -1.49. The molecule has 0 aliphatic carbocycles. The number of nitrogens with one attached hydrogen (secondary N) is 1. The van der Waals surface area contributed by atoms with Gasteiger partial charge in [-0.1, -0.05) is 34.8 Å². The van der Waals surface area contributed by atoms with Crippen molar-refractivity contribution in [2.45, 2.75) is 6.54 Å². The number of nitrogens with zero attached hydrogens (tertiary/aromatic N) is 1. The van der Waals surface area contributed by atoms with Gasteiger partial charge in [0.15, 0.2) is 0 Å². The summed E-state index contributed by atoms with van der Waals surface area (Å²) in [5.74, 6) is 0. The van der Waals surface area contributed by atoms with Crippen LogP contribution in [0.2, 0.25) is 15.1 Å². The van der Waals surface area contributed by atoms with Crippen LogP contribution in [0.5, 0.6) is 0 Å². The summed E-state index contributed by atoms with van der Waals surface area (Å²) in [5, 5.41) is 15.1. The summed E-state index contributed by atoms with van der Waals surface area (Å²) in [7, 11) is 0. The van der Waals surface area contributed by atoms with Gasteiger partial charge in [-0.2, -0.15) is 0 Å². The lowest BCUT2D eigenvalue weighted by Gasteiger charge is -2.10. The maximum Gasteiger partial charge on any atom is 0.271 e. The number of hydrogen-bond acceptors (Lipinski definition) is 3. The number of halogens is 3. The summed E-state index contributed by atoms with van der Waals surface area (Å²) >= 11 is 17.9. The van der Waals surface area contributed by atoms with Gasteiger partial charge in [0.05, 0.1) is 15.6 Å². The SMILES string of the molecule is O=[N+]([O-])c1ccc(NCc2cc(Cl)ccc2Cl)c(Cl)c1. The summed E-state index contributed by atoms with van der Waals surface area (Å²) in [6.07, 6.45) is 0. The topological polar surface area (TPSA) is 55.2 Å². The van der Waals surface area contributed by atoms with Crippen molar-refractivity contribution in [3.8, 4) is 0 Å². The van der Waals surface area contributed by atoms with Crippen molar-refractivity contribution in [3.05, 3.63) is 67.1 Å². The molecule has 0 atom stereocenters. The van der Waals surface area contributed by atoms with Gasteiger partial charge in [0.25, 0.3) is 5.69 Å². The number of hydrogen-bond donors (Lipinski definition) is 1. The molecule has 0 bridgehead atoms. The van der Waals surface area contributed by atoms with Crippen LogP contribution in [-0.4, -0.2) is 4.92 Å². The van der Waals surface area contributed by atoms with Crippen molar-refractivity contribution in [2.24, 2.45) is 0 Å². The van der Waals surface area contributed by atoms with E-state index in [1.54, 1.807) is 24.3 Å². The van der Waals surface area contributed by atoms with E-state index in [9.17, 15) is 10.1 Å². The fourth-order valence-corrected chi connectivity index (χ4v) is 2.25. The molecule has 2 rings (SSSR count). The lowest BCUT2D eigenvalue weighted by Crippen LogP contribution is -2.01. The van der Waals surface area contributed by atoms with E-state index in [2.05, 4.69) is 5.32 Å². The van der Waals surface area contributed by atoms with E-state index in [4.69, 9.17) is 34.8 Å². The average molecular weight is 332 g/mol. The first-order chi connectivity index (χ1) is 9.47. The molecule has 20 heavy (non-hydrogen) atoms. The van der Waals surface area contributed by atoms with Gasteiger partial charge >= 0.3 is 0 Å². The monoisotopic (exact) mass is 330 g/mol. The zero-order chi connectivity index (χ0) is 14.7. The molecule has 0 aliphatic rings. The van der Waals surface area contributed by atoms with Crippen LogP contribution in [0.3, 0.4) is 0 Å². The maximum atomic E-state index is 10.6. The second-order valence-electron chi connectivity index (χ2n) is 4.01. The number of non-ortho nitro benzene ring substituents is 1. The maximum absolute atomic E-state index is 10.6. The van der Waals surface area contributed by atoms with Crippen molar-refractivity contribution in [3.63, 3.8) is 0 Å². The van der Waals surface area contributed by atoms with Crippen molar-refractivity contribution >= 4 is 46.2 Å². The normalized spacial score (nSPS) is 10.3. The molecular weight excluding hydrogens is 323 g/mol.